The normalized spacial score (nSPS) is 40.7. The van der Waals surface area contributed by atoms with Crippen molar-refractivity contribution in [3.05, 3.63) is 0 Å². The molecule has 82 valence electrons. The van der Waals surface area contributed by atoms with E-state index in [0.717, 1.165) is 30.0 Å². The third-order valence-electron chi connectivity index (χ3n) is 4.56. The van der Waals surface area contributed by atoms with Crippen molar-refractivity contribution in [3.8, 4) is 0 Å². The predicted octanol–water partition coefficient (Wildman–Crippen LogP) is 3.15. The molecule has 1 aliphatic heterocycles. The van der Waals surface area contributed by atoms with Gasteiger partial charge in [0.05, 0.1) is 0 Å². The highest BCUT2D eigenvalue weighted by Gasteiger charge is 2.66. The fraction of sp³-hybridized carbons (Fsp3) is 1.00. The van der Waals surface area contributed by atoms with E-state index in [-0.39, 0.29) is 0 Å². The molecule has 0 N–H and O–H groups in total. The zero-order valence-electron chi connectivity index (χ0n) is 10.5. The van der Waals surface area contributed by atoms with Gasteiger partial charge in [-0.2, -0.15) is 0 Å². The summed E-state index contributed by atoms with van der Waals surface area (Å²) in [5.74, 6) is 1.80. The Balaban J connectivity index is 2.15. The first-order valence-electron chi connectivity index (χ1n) is 6.14. The maximum absolute atomic E-state index is 2.79. The molecule has 0 aromatic carbocycles. The van der Waals surface area contributed by atoms with Gasteiger partial charge in [-0.1, -0.05) is 27.7 Å². The van der Waals surface area contributed by atoms with Crippen molar-refractivity contribution in [2.24, 2.45) is 17.3 Å². The Morgan fingerprint density at radius 2 is 1.71 bits per heavy atom. The summed E-state index contributed by atoms with van der Waals surface area (Å²) < 4.78 is 0. The summed E-state index contributed by atoms with van der Waals surface area (Å²) in [6.45, 7) is 14.3. The molecule has 1 saturated heterocycles. The first-order chi connectivity index (χ1) is 6.37. The van der Waals surface area contributed by atoms with E-state index in [9.17, 15) is 0 Å². The van der Waals surface area contributed by atoms with E-state index in [4.69, 9.17) is 0 Å². The number of fused-ring (bicyclic) bond motifs is 1. The van der Waals surface area contributed by atoms with Crippen LogP contribution in [0.1, 0.15) is 48.0 Å². The van der Waals surface area contributed by atoms with E-state index in [0.29, 0.717) is 5.41 Å². The summed E-state index contributed by atoms with van der Waals surface area (Å²) >= 11 is 0. The molecule has 0 bridgehead atoms. The highest BCUT2D eigenvalue weighted by Crippen LogP contribution is 2.63. The molecule has 1 saturated carbocycles. The maximum atomic E-state index is 2.79. The fourth-order valence-electron chi connectivity index (χ4n) is 3.65. The molecule has 1 nitrogen and oxygen atoms in total. The SMILES string of the molecule is CC(C)C1CC2C(N1C(C)C)C2(C)C. The highest BCUT2D eigenvalue weighted by molar-refractivity contribution is 5.19. The van der Waals surface area contributed by atoms with Crippen LogP contribution in [0.15, 0.2) is 0 Å². The molecule has 3 unspecified atom stereocenters. The number of rotatable bonds is 2. The van der Waals surface area contributed by atoms with Crippen LogP contribution in [0.5, 0.6) is 0 Å². The second-order valence-electron chi connectivity index (χ2n) is 6.46. The largest absolute Gasteiger partial charge is 0.294 e. The van der Waals surface area contributed by atoms with Crippen LogP contribution in [0.2, 0.25) is 0 Å². The molecule has 2 rings (SSSR count). The predicted molar refractivity (Wildman–Crippen MR) is 61.3 cm³/mol. The van der Waals surface area contributed by atoms with Crippen LogP contribution in [0.3, 0.4) is 0 Å². The lowest BCUT2D eigenvalue weighted by molar-refractivity contribution is 0.108. The Labute approximate surface area is 88.9 Å². The first kappa shape index (κ1) is 10.5. The molecule has 14 heavy (non-hydrogen) atoms. The first-order valence-corrected chi connectivity index (χ1v) is 6.14. The van der Waals surface area contributed by atoms with Crippen molar-refractivity contribution < 1.29 is 0 Å². The molecule has 2 fully saturated rings. The smallest absolute Gasteiger partial charge is 0.0190 e. The molecule has 0 spiro atoms. The highest BCUT2D eigenvalue weighted by atomic mass is 15.3. The van der Waals surface area contributed by atoms with Crippen LogP contribution in [0, 0.1) is 17.3 Å². The van der Waals surface area contributed by atoms with Gasteiger partial charge in [0.25, 0.3) is 0 Å². The summed E-state index contributed by atoms with van der Waals surface area (Å²) in [5, 5.41) is 0. The molecular formula is C13H25N. The van der Waals surface area contributed by atoms with Gasteiger partial charge in [0.1, 0.15) is 0 Å². The topological polar surface area (TPSA) is 3.24 Å². The molecule has 2 aliphatic rings. The van der Waals surface area contributed by atoms with Crippen LogP contribution < -0.4 is 0 Å². The third kappa shape index (κ3) is 1.25. The molecule has 1 heteroatoms. The quantitative estimate of drug-likeness (QED) is 0.654. The fourth-order valence-corrected chi connectivity index (χ4v) is 3.65. The van der Waals surface area contributed by atoms with E-state index < -0.39 is 0 Å². The number of hydrogen-bond donors (Lipinski definition) is 0. The van der Waals surface area contributed by atoms with Crippen LogP contribution >= 0.6 is 0 Å². The second kappa shape index (κ2) is 2.98. The van der Waals surface area contributed by atoms with Crippen molar-refractivity contribution >= 4 is 0 Å². The summed E-state index contributed by atoms with van der Waals surface area (Å²) in [5.41, 5.74) is 0.607. The molecular weight excluding hydrogens is 170 g/mol. The van der Waals surface area contributed by atoms with Crippen LogP contribution in [0.25, 0.3) is 0 Å². The summed E-state index contributed by atoms with van der Waals surface area (Å²) in [4.78, 5) is 2.79. The van der Waals surface area contributed by atoms with E-state index >= 15 is 0 Å². The Bertz CT molecular complexity index is 227. The van der Waals surface area contributed by atoms with E-state index in [1.807, 2.05) is 0 Å². The molecule has 1 heterocycles. The number of piperidine rings is 1. The Morgan fingerprint density at radius 1 is 1.14 bits per heavy atom. The van der Waals surface area contributed by atoms with Crippen molar-refractivity contribution in [1.82, 2.24) is 4.90 Å². The number of nitrogens with zero attached hydrogens (tertiary/aromatic N) is 1. The minimum absolute atomic E-state index is 0.607. The second-order valence-corrected chi connectivity index (χ2v) is 6.46. The molecule has 1 aliphatic carbocycles. The van der Waals surface area contributed by atoms with Gasteiger partial charge < -0.3 is 0 Å². The standard InChI is InChI=1S/C13H25N/c1-8(2)11-7-10-12(13(10,5)6)14(11)9(3)4/h8-12H,7H2,1-6H3. The molecule has 3 atom stereocenters. The Morgan fingerprint density at radius 3 is 2.14 bits per heavy atom. The number of hydrogen-bond acceptors (Lipinski definition) is 1. The lowest BCUT2D eigenvalue weighted by atomic mass is 9.93. The van der Waals surface area contributed by atoms with E-state index in [2.05, 4.69) is 46.4 Å². The lowest BCUT2D eigenvalue weighted by Crippen LogP contribution is -2.43. The molecule has 0 aromatic rings. The monoisotopic (exact) mass is 195 g/mol. The van der Waals surface area contributed by atoms with E-state index in [1.165, 1.54) is 6.42 Å². The van der Waals surface area contributed by atoms with Crippen molar-refractivity contribution in [3.63, 3.8) is 0 Å². The Kier molecular flexibility index (Phi) is 2.23. The van der Waals surface area contributed by atoms with Gasteiger partial charge in [-0.3, -0.25) is 4.90 Å². The lowest BCUT2D eigenvalue weighted by Gasteiger charge is -2.36. The van der Waals surface area contributed by atoms with Gasteiger partial charge >= 0.3 is 0 Å². The number of likely N-dealkylation sites (tertiary alicyclic amines) is 1. The molecule has 0 amide bonds. The van der Waals surface area contributed by atoms with Gasteiger partial charge in [-0.05, 0) is 37.5 Å². The zero-order chi connectivity index (χ0) is 10.7. The zero-order valence-corrected chi connectivity index (χ0v) is 10.5. The van der Waals surface area contributed by atoms with E-state index in [1.54, 1.807) is 0 Å². The van der Waals surface area contributed by atoms with Crippen molar-refractivity contribution in [2.45, 2.75) is 66.1 Å². The minimum atomic E-state index is 0.607. The van der Waals surface area contributed by atoms with Crippen molar-refractivity contribution in [2.75, 3.05) is 0 Å². The third-order valence-corrected chi connectivity index (χ3v) is 4.56. The minimum Gasteiger partial charge on any atom is -0.294 e. The molecule has 0 radical (unpaired) electrons. The average Bonchev–Trinajstić information content (AvgIpc) is 2.47. The van der Waals surface area contributed by atoms with Gasteiger partial charge in [-0.25, -0.2) is 0 Å². The van der Waals surface area contributed by atoms with Gasteiger partial charge in [0.2, 0.25) is 0 Å². The molecule has 0 aromatic heterocycles. The summed E-state index contributed by atoms with van der Waals surface area (Å²) in [6, 6.07) is 2.45. The van der Waals surface area contributed by atoms with Crippen LogP contribution in [-0.2, 0) is 0 Å². The average molecular weight is 195 g/mol. The van der Waals surface area contributed by atoms with Gasteiger partial charge in [-0.15, -0.1) is 0 Å². The van der Waals surface area contributed by atoms with Gasteiger partial charge in [0.15, 0.2) is 0 Å². The summed E-state index contributed by atoms with van der Waals surface area (Å²) in [6.07, 6.45) is 1.44. The maximum Gasteiger partial charge on any atom is 0.0190 e. The van der Waals surface area contributed by atoms with Gasteiger partial charge in [0, 0.05) is 18.1 Å². The van der Waals surface area contributed by atoms with Crippen LogP contribution in [0.4, 0.5) is 0 Å². The Hall–Kier alpha value is -0.0400. The van der Waals surface area contributed by atoms with Crippen molar-refractivity contribution in [1.29, 1.82) is 0 Å². The van der Waals surface area contributed by atoms with Crippen LogP contribution in [-0.4, -0.2) is 23.0 Å². The summed E-state index contributed by atoms with van der Waals surface area (Å²) in [7, 11) is 0.